The second-order valence-electron chi connectivity index (χ2n) is 5.26. The van der Waals surface area contributed by atoms with Gasteiger partial charge in [-0.3, -0.25) is 4.99 Å². The highest BCUT2D eigenvalue weighted by molar-refractivity contribution is 14.0. The van der Waals surface area contributed by atoms with Gasteiger partial charge in [0.1, 0.15) is 0 Å². The highest BCUT2D eigenvalue weighted by Gasteiger charge is 2.23. The summed E-state index contributed by atoms with van der Waals surface area (Å²) in [5.41, 5.74) is 0. The zero-order chi connectivity index (χ0) is 16.7. The van der Waals surface area contributed by atoms with Gasteiger partial charge in [-0.2, -0.15) is 0 Å². The molecule has 6 nitrogen and oxygen atoms in total. The number of halogens is 2. The van der Waals surface area contributed by atoms with Gasteiger partial charge in [0.05, 0.1) is 13.2 Å². The van der Waals surface area contributed by atoms with Crippen molar-refractivity contribution in [1.29, 1.82) is 0 Å². The number of rotatable bonds is 4. The van der Waals surface area contributed by atoms with Crippen LogP contribution in [-0.2, 0) is 11.3 Å². The number of likely N-dealkylation sites (tertiary alicyclic amines) is 1. The summed E-state index contributed by atoms with van der Waals surface area (Å²) in [4.78, 5) is 19.0. The van der Waals surface area contributed by atoms with E-state index in [4.69, 9.17) is 4.74 Å². The Bertz CT molecular complexity index is 547. The van der Waals surface area contributed by atoms with E-state index in [-0.39, 0.29) is 30.1 Å². The molecule has 0 unspecified atom stereocenters. The van der Waals surface area contributed by atoms with Gasteiger partial charge in [0.2, 0.25) is 0 Å². The number of guanidine groups is 1. The molecule has 0 atom stereocenters. The average molecular weight is 531 g/mol. The van der Waals surface area contributed by atoms with Crippen LogP contribution in [0.25, 0.3) is 0 Å². The van der Waals surface area contributed by atoms with Gasteiger partial charge in [-0.1, -0.05) is 0 Å². The molecule has 0 saturated carbocycles. The second kappa shape index (κ2) is 11.1. The Morgan fingerprint density at radius 3 is 2.75 bits per heavy atom. The van der Waals surface area contributed by atoms with Gasteiger partial charge < -0.3 is 20.3 Å². The summed E-state index contributed by atoms with van der Waals surface area (Å²) in [5, 5.41) is 8.82. The molecule has 1 aromatic heterocycles. The topological polar surface area (TPSA) is 66.0 Å². The molecule has 0 bridgehead atoms. The monoisotopic (exact) mass is 530 g/mol. The molecule has 136 valence electrons. The van der Waals surface area contributed by atoms with E-state index < -0.39 is 0 Å². The predicted molar refractivity (Wildman–Crippen MR) is 112 cm³/mol. The van der Waals surface area contributed by atoms with Crippen molar-refractivity contribution >= 4 is 63.3 Å². The lowest BCUT2D eigenvalue weighted by Gasteiger charge is -2.32. The molecule has 1 fully saturated rings. The molecule has 0 radical (unpaired) electrons. The predicted octanol–water partition coefficient (Wildman–Crippen LogP) is 3.41. The number of carbonyl (C=O) groups is 1. The Balaban J connectivity index is 0.00000288. The molecule has 0 aliphatic carbocycles. The minimum Gasteiger partial charge on any atom is -0.450 e. The Morgan fingerprint density at radius 1 is 1.50 bits per heavy atom. The molecule has 2 heterocycles. The number of ether oxygens (including phenoxy) is 1. The summed E-state index contributed by atoms with van der Waals surface area (Å²) in [6, 6.07) is 2.42. The number of aliphatic imine (C=N–C) groups is 1. The fraction of sp³-hybridized carbons (Fsp3) is 0.600. The minimum atomic E-state index is -0.211. The normalized spacial score (nSPS) is 15.6. The van der Waals surface area contributed by atoms with Crippen molar-refractivity contribution < 1.29 is 9.53 Å². The SMILES string of the molecule is CCOC(=O)N1CCC(NC(=NC)NCc2cc(Br)cs2)CC1.I. The molecule has 9 heteroatoms. The molecule has 2 rings (SSSR count). The van der Waals surface area contributed by atoms with Crippen molar-refractivity contribution in [2.24, 2.45) is 4.99 Å². The van der Waals surface area contributed by atoms with Gasteiger partial charge >= 0.3 is 6.09 Å². The van der Waals surface area contributed by atoms with Crippen LogP contribution in [0.1, 0.15) is 24.6 Å². The molecular formula is C15H24BrIN4O2S. The summed E-state index contributed by atoms with van der Waals surface area (Å²) in [7, 11) is 1.77. The first kappa shape index (κ1) is 21.5. The first-order chi connectivity index (χ1) is 11.1. The number of nitrogens with one attached hydrogen (secondary N) is 2. The molecule has 0 spiro atoms. The average Bonchev–Trinajstić information content (AvgIpc) is 2.97. The third-order valence-electron chi connectivity index (χ3n) is 3.64. The van der Waals surface area contributed by atoms with Crippen molar-refractivity contribution in [3.8, 4) is 0 Å². The van der Waals surface area contributed by atoms with E-state index in [1.165, 1.54) is 4.88 Å². The second-order valence-corrected chi connectivity index (χ2v) is 7.17. The maximum Gasteiger partial charge on any atom is 0.409 e. The van der Waals surface area contributed by atoms with Gasteiger partial charge in [-0.15, -0.1) is 35.3 Å². The third-order valence-corrected chi connectivity index (χ3v) is 5.33. The molecule has 1 amide bonds. The third kappa shape index (κ3) is 6.75. The van der Waals surface area contributed by atoms with Crippen LogP contribution in [0.3, 0.4) is 0 Å². The fourth-order valence-corrected chi connectivity index (χ4v) is 3.82. The van der Waals surface area contributed by atoms with E-state index in [2.05, 4.69) is 43.0 Å². The van der Waals surface area contributed by atoms with Crippen molar-refractivity contribution in [3.05, 3.63) is 20.8 Å². The van der Waals surface area contributed by atoms with Crippen molar-refractivity contribution in [3.63, 3.8) is 0 Å². The highest BCUT2D eigenvalue weighted by Crippen LogP contribution is 2.19. The van der Waals surface area contributed by atoms with Crippen molar-refractivity contribution in [2.45, 2.75) is 32.4 Å². The fourth-order valence-electron chi connectivity index (χ4n) is 2.43. The standard InChI is InChI=1S/C15H23BrN4O2S.HI/c1-3-22-15(21)20-6-4-12(5-7-20)19-14(17-2)18-9-13-8-11(16)10-23-13;/h8,10,12H,3-7,9H2,1-2H3,(H2,17,18,19);1H. The number of hydrogen-bond donors (Lipinski definition) is 2. The summed E-state index contributed by atoms with van der Waals surface area (Å²) >= 11 is 5.16. The smallest absolute Gasteiger partial charge is 0.409 e. The molecule has 2 N–H and O–H groups in total. The number of amides is 1. The zero-order valence-corrected chi connectivity index (χ0v) is 18.6. The summed E-state index contributed by atoms with van der Waals surface area (Å²) in [6.45, 7) is 4.43. The Labute approximate surface area is 172 Å². The number of carbonyl (C=O) groups excluding carboxylic acids is 1. The Kier molecular flexibility index (Phi) is 9.98. The molecule has 1 aliphatic heterocycles. The minimum absolute atomic E-state index is 0. The van der Waals surface area contributed by atoms with Crippen LogP contribution >= 0.6 is 51.2 Å². The van der Waals surface area contributed by atoms with Gasteiger partial charge in [0.25, 0.3) is 0 Å². The molecule has 1 saturated heterocycles. The molecule has 0 aromatic carbocycles. The Hall–Kier alpha value is -0.550. The number of piperidine rings is 1. The van der Waals surface area contributed by atoms with Crippen LogP contribution in [0.5, 0.6) is 0 Å². The largest absolute Gasteiger partial charge is 0.450 e. The zero-order valence-electron chi connectivity index (χ0n) is 13.9. The maximum atomic E-state index is 11.7. The van der Waals surface area contributed by atoms with E-state index in [0.29, 0.717) is 25.7 Å². The van der Waals surface area contributed by atoms with E-state index in [0.717, 1.165) is 29.8 Å². The van der Waals surface area contributed by atoms with Crippen LogP contribution in [0.15, 0.2) is 20.9 Å². The van der Waals surface area contributed by atoms with Crippen molar-refractivity contribution in [1.82, 2.24) is 15.5 Å². The quantitative estimate of drug-likeness (QED) is 0.355. The molecule has 1 aliphatic rings. The summed E-state index contributed by atoms with van der Waals surface area (Å²) < 4.78 is 6.14. The highest BCUT2D eigenvalue weighted by atomic mass is 127. The molecule has 24 heavy (non-hydrogen) atoms. The van der Waals surface area contributed by atoms with Crippen LogP contribution in [0, 0.1) is 0 Å². The number of hydrogen-bond acceptors (Lipinski definition) is 4. The van der Waals surface area contributed by atoms with E-state index in [1.54, 1.807) is 23.3 Å². The first-order valence-corrected chi connectivity index (χ1v) is 9.41. The lowest BCUT2D eigenvalue weighted by atomic mass is 10.1. The summed E-state index contributed by atoms with van der Waals surface area (Å²) in [5.74, 6) is 0.795. The first-order valence-electron chi connectivity index (χ1n) is 7.74. The summed E-state index contributed by atoms with van der Waals surface area (Å²) in [6.07, 6.45) is 1.57. The molecule has 1 aromatic rings. The van der Waals surface area contributed by atoms with E-state index >= 15 is 0 Å². The van der Waals surface area contributed by atoms with Gasteiger partial charge in [-0.25, -0.2) is 4.79 Å². The number of nitrogens with zero attached hydrogens (tertiary/aromatic N) is 2. The van der Waals surface area contributed by atoms with Gasteiger partial charge in [-0.05, 0) is 41.8 Å². The lowest BCUT2D eigenvalue weighted by molar-refractivity contribution is 0.0963. The van der Waals surface area contributed by atoms with Crippen LogP contribution in [-0.4, -0.2) is 49.7 Å². The van der Waals surface area contributed by atoms with E-state index in [1.807, 2.05) is 6.92 Å². The number of thiophene rings is 1. The van der Waals surface area contributed by atoms with Crippen LogP contribution in [0.4, 0.5) is 4.79 Å². The molecular weight excluding hydrogens is 507 g/mol. The maximum absolute atomic E-state index is 11.7. The van der Waals surface area contributed by atoms with Crippen LogP contribution < -0.4 is 10.6 Å². The van der Waals surface area contributed by atoms with E-state index in [9.17, 15) is 4.79 Å². The van der Waals surface area contributed by atoms with Crippen LogP contribution in [0.2, 0.25) is 0 Å². The van der Waals surface area contributed by atoms with Gasteiger partial charge in [0.15, 0.2) is 5.96 Å². The Morgan fingerprint density at radius 2 is 2.21 bits per heavy atom. The van der Waals surface area contributed by atoms with Gasteiger partial charge in [0, 0.05) is 40.9 Å². The lowest BCUT2D eigenvalue weighted by Crippen LogP contribution is -2.49. The van der Waals surface area contributed by atoms with Crippen molar-refractivity contribution in [2.75, 3.05) is 26.7 Å².